The van der Waals surface area contributed by atoms with Crippen LogP contribution < -0.4 is 0 Å². The van der Waals surface area contributed by atoms with Gasteiger partial charge in [0.1, 0.15) is 0 Å². The third-order valence-electron chi connectivity index (χ3n) is 6.82. The van der Waals surface area contributed by atoms with Crippen LogP contribution in [0.2, 0.25) is 0 Å². The van der Waals surface area contributed by atoms with E-state index in [0.29, 0.717) is 26.4 Å². The molecule has 0 heterocycles. The van der Waals surface area contributed by atoms with Crippen molar-refractivity contribution in [2.45, 2.75) is 158 Å². The van der Waals surface area contributed by atoms with E-state index < -0.39 is 18.1 Å². The SMILES string of the molecule is CC(C)CCCCC[O][Ti]([O]CCCCCC(C)C)([O]CCCCCC(C)C)[O]CCCCCC(C)C. The standard InChI is InChI=1S/4C8H17O.Ti/c4*1-8(2)6-4-3-5-7-9;/h4*8H,3-7H2,1-2H3;/q4*-1;+4. The Morgan fingerprint density at radius 2 is 0.541 bits per heavy atom. The van der Waals surface area contributed by atoms with E-state index in [-0.39, 0.29) is 0 Å². The number of hydrogen-bond acceptors (Lipinski definition) is 4. The fourth-order valence-corrected chi connectivity index (χ4v) is 7.61. The van der Waals surface area contributed by atoms with E-state index in [2.05, 4.69) is 55.4 Å². The van der Waals surface area contributed by atoms with Crippen LogP contribution in [-0.4, -0.2) is 26.4 Å². The maximum atomic E-state index is 6.49. The van der Waals surface area contributed by atoms with Crippen molar-refractivity contribution in [3.63, 3.8) is 0 Å². The molecule has 4 nitrogen and oxygen atoms in total. The monoisotopic (exact) mass is 564 g/mol. The summed E-state index contributed by atoms with van der Waals surface area (Å²) < 4.78 is 26.0. The molecule has 0 aliphatic rings. The summed E-state index contributed by atoms with van der Waals surface area (Å²) in [7, 11) is 0. The van der Waals surface area contributed by atoms with Gasteiger partial charge in [0.05, 0.1) is 0 Å². The second kappa shape index (κ2) is 25.5. The molecule has 0 rings (SSSR count). The van der Waals surface area contributed by atoms with Crippen molar-refractivity contribution in [1.82, 2.24) is 0 Å². The van der Waals surface area contributed by atoms with Crippen molar-refractivity contribution in [2.75, 3.05) is 26.4 Å². The molecule has 0 aliphatic heterocycles. The molecule has 0 N–H and O–H groups in total. The topological polar surface area (TPSA) is 36.9 Å². The first-order valence-corrected chi connectivity index (χ1v) is 18.8. The fraction of sp³-hybridized carbons (Fsp3) is 1.00. The van der Waals surface area contributed by atoms with E-state index in [9.17, 15) is 0 Å². The number of hydrogen-bond donors (Lipinski definition) is 0. The van der Waals surface area contributed by atoms with E-state index in [1.165, 1.54) is 77.0 Å². The van der Waals surface area contributed by atoms with Crippen LogP contribution in [0.5, 0.6) is 0 Å². The van der Waals surface area contributed by atoms with Crippen molar-refractivity contribution in [3.05, 3.63) is 0 Å². The Kier molecular flexibility index (Phi) is 25.9. The molecule has 0 saturated carbocycles. The molecule has 5 heteroatoms. The summed E-state index contributed by atoms with van der Waals surface area (Å²) in [6.45, 7) is 21.2. The molecule has 0 radical (unpaired) electrons. The van der Waals surface area contributed by atoms with Gasteiger partial charge in [-0.15, -0.1) is 0 Å². The van der Waals surface area contributed by atoms with Crippen molar-refractivity contribution >= 4 is 0 Å². The number of unbranched alkanes of at least 4 members (excludes halogenated alkanes) is 8. The molecule has 0 aromatic carbocycles. The molecular weight excluding hydrogens is 496 g/mol. The minimum absolute atomic E-state index is 0.701. The molecule has 0 fully saturated rings. The summed E-state index contributed by atoms with van der Waals surface area (Å²) in [5.41, 5.74) is 0. The Morgan fingerprint density at radius 1 is 0.324 bits per heavy atom. The average Bonchev–Trinajstić information content (AvgIpc) is 2.82. The Labute approximate surface area is 239 Å². The van der Waals surface area contributed by atoms with Crippen LogP contribution in [0.15, 0.2) is 0 Å². The van der Waals surface area contributed by atoms with Gasteiger partial charge in [0.2, 0.25) is 0 Å². The first kappa shape index (κ1) is 37.6. The fourth-order valence-electron chi connectivity index (χ4n) is 4.36. The Morgan fingerprint density at radius 3 is 0.730 bits per heavy atom. The first-order chi connectivity index (χ1) is 17.7. The zero-order valence-corrected chi connectivity index (χ0v) is 28.1. The van der Waals surface area contributed by atoms with Crippen LogP contribution in [0, 0.1) is 23.7 Å². The third kappa shape index (κ3) is 26.5. The van der Waals surface area contributed by atoms with E-state index in [4.69, 9.17) is 13.3 Å². The molecule has 0 aromatic heterocycles. The van der Waals surface area contributed by atoms with E-state index >= 15 is 0 Å². The molecule has 0 atom stereocenters. The Bertz CT molecular complexity index is 382. The minimum atomic E-state index is -3.75. The van der Waals surface area contributed by atoms with Crippen LogP contribution in [0.1, 0.15) is 158 Å². The zero-order chi connectivity index (χ0) is 27.8. The predicted octanol–water partition coefficient (Wildman–Crippen LogP) is 10.7. The van der Waals surface area contributed by atoms with Gasteiger partial charge in [-0.25, -0.2) is 0 Å². The molecule has 0 bridgehead atoms. The van der Waals surface area contributed by atoms with Crippen molar-refractivity contribution in [3.8, 4) is 0 Å². The molecule has 0 aromatic rings. The first-order valence-electron chi connectivity index (χ1n) is 16.2. The zero-order valence-electron chi connectivity index (χ0n) is 26.6. The van der Waals surface area contributed by atoms with Crippen LogP contribution in [0.25, 0.3) is 0 Å². The van der Waals surface area contributed by atoms with E-state index in [1.54, 1.807) is 0 Å². The van der Waals surface area contributed by atoms with E-state index in [0.717, 1.165) is 49.4 Å². The molecule has 0 unspecified atom stereocenters. The van der Waals surface area contributed by atoms with Gasteiger partial charge >= 0.3 is 240 Å². The molecule has 0 amide bonds. The van der Waals surface area contributed by atoms with Crippen molar-refractivity contribution in [1.29, 1.82) is 0 Å². The number of rotatable bonds is 28. The van der Waals surface area contributed by atoms with Crippen molar-refractivity contribution in [2.24, 2.45) is 23.7 Å². The second-order valence-electron chi connectivity index (χ2n) is 12.9. The maximum absolute atomic E-state index is 6.49. The molecule has 224 valence electrons. The Hall–Kier alpha value is 0.554. The predicted molar refractivity (Wildman–Crippen MR) is 157 cm³/mol. The second-order valence-corrected chi connectivity index (χ2v) is 16.2. The Balaban J connectivity index is 4.89. The van der Waals surface area contributed by atoms with Crippen molar-refractivity contribution < 1.29 is 31.4 Å². The summed E-state index contributed by atoms with van der Waals surface area (Å²) in [6.07, 6.45) is 19.3. The third-order valence-corrected chi connectivity index (χ3v) is 10.3. The molecule has 0 spiro atoms. The van der Waals surface area contributed by atoms with Gasteiger partial charge in [-0.3, -0.25) is 0 Å². The summed E-state index contributed by atoms with van der Waals surface area (Å²) >= 11 is -3.75. The van der Waals surface area contributed by atoms with Gasteiger partial charge < -0.3 is 0 Å². The quantitative estimate of drug-likeness (QED) is 0.0700. The van der Waals surface area contributed by atoms with Gasteiger partial charge in [0.15, 0.2) is 0 Å². The van der Waals surface area contributed by atoms with Gasteiger partial charge in [-0.1, -0.05) is 0 Å². The van der Waals surface area contributed by atoms with E-state index in [1.807, 2.05) is 0 Å². The summed E-state index contributed by atoms with van der Waals surface area (Å²) in [4.78, 5) is 0. The summed E-state index contributed by atoms with van der Waals surface area (Å²) in [6, 6.07) is 0. The average molecular weight is 565 g/mol. The van der Waals surface area contributed by atoms with Gasteiger partial charge in [0.25, 0.3) is 0 Å². The van der Waals surface area contributed by atoms with Crippen LogP contribution in [0.3, 0.4) is 0 Å². The normalized spacial score (nSPS) is 12.6. The van der Waals surface area contributed by atoms with Crippen LogP contribution >= 0.6 is 0 Å². The van der Waals surface area contributed by atoms with Gasteiger partial charge in [0, 0.05) is 0 Å². The summed E-state index contributed by atoms with van der Waals surface area (Å²) in [5, 5.41) is 0. The molecule has 0 saturated heterocycles. The van der Waals surface area contributed by atoms with Crippen LogP contribution in [-0.2, 0) is 31.4 Å². The molecule has 0 aliphatic carbocycles. The van der Waals surface area contributed by atoms with Gasteiger partial charge in [-0.2, -0.15) is 0 Å². The molecule has 37 heavy (non-hydrogen) atoms. The summed E-state index contributed by atoms with van der Waals surface area (Å²) in [5.74, 6) is 3.09. The van der Waals surface area contributed by atoms with Crippen LogP contribution in [0.4, 0.5) is 0 Å². The van der Waals surface area contributed by atoms with Gasteiger partial charge in [-0.05, 0) is 0 Å². The molecular formula is C32H68O4Ti.